The average Bonchev–Trinajstić information content (AvgIpc) is 2.77. The number of ether oxygens (including phenoxy) is 1. The van der Waals surface area contributed by atoms with Crippen LogP contribution in [0.2, 0.25) is 0 Å². The van der Waals surface area contributed by atoms with Gasteiger partial charge in [0.15, 0.2) is 6.29 Å². The number of phenolic OH excluding ortho intramolecular Hbond substituents is 1. The van der Waals surface area contributed by atoms with Gasteiger partial charge >= 0.3 is 0 Å². The molecule has 0 aliphatic carbocycles. The third-order valence-corrected chi connectivity index (χ3v) is 6.17. The number of carbonyl (C=O) groups is 2. The number of nitrogens with zero attached hydrogens (tertiary/aromatic N) is 1. The molecule has 2 aromatic carbocycles. The summed E-state index contributed by atoms with van der Waals surface area (Å²) in [5.74, 6) is 1.52. The first kappa shape index (κ1) is 21.2. The van der Waals surface area contributed by atoms with E-state index in [-0.39, 0.29) is 42.4 Å². The highest BCUT2D eigenvalue weighted by atomic mass is 32.2. The van der Waals surface area contributed by atoms with Crippen LogP contribution in [-0.2, 0) is 0 Å². The van der Waals surface area contributed by atoms with Gasteiger partial charge in [0, 0.05) is 36.1 Å². The molecule has 0 saturated carbocycles. The molecule has 2 N–H and O–H groups in total. The summed E-state index contributed by atoms with van der Waals surface area (Å²) >= 11 is 1.75. The van der Waals surface area contributed by atoms with Crippen molar-refractivity contribution in [2.75, 3.05) is 31.3 Å². The summed E-state index contributed by atoms with van der Waals surface area (Å²) in [6.07, 6.45) is 0.565. The summed E-state index contributed by atoms with van der Waals surface area (Å²) in [6, 6.07) is 11.9. The van der Waals surface area contributed by atoms with Gasteiger partial charge < -0.3 is 19.8 Å². The maximum Gasteiger partial charge on any atom is 0.254 e. The Morgan fingerprint density at radius 1 is 1.31 bits per heavy atom. The zero-order valence-electron chi connectivity index (χ0n) is 16.3. The van der Waals surface area contributed by atoms with Crippen LogP contribution in [0.3, 0.4) is 0 Å². The number of hydrogen-bond donors (Lipinski definition) is 2. The monoisotopic (exact) mass is 415 g/mol. The number of carbonyl (C=O) groups excluding carboxylic acids is 2. The fourth-order valence-corrected chi connectivity index (χ4v) is 4.44. The molecule has 6 nitrogen and oxygen atoms in total. The first-order valence-corrected chi connectivity index (χ1v) is 10.7. The minimum atomic E-state index is -0.166. The predicted octanol–water partition coefficient (Wildman–Crippen LogP) is 2.94. The largest absolute Gasteiger partial charge is 0.507 e. The quantitative estimate of drug-likeness (QED) is 0.676. The Bertz CT molecular complexity index is 872. The number of aromatic hydroxyl groups is 1. The third kappa shape index (κ3) is 4.74. The Balaban J connectivity index is 1.79. The van der Waals surface area contributed by atoms with Crippen LogP contribution in [0.25, 0.3) is 0 Å². The summed E-state index contributed by atoms with van der Waals surface area (Å²) in [7, 11) is 0. The minimum absolute atomic E-state index is 0.0291. The van der Waals surface area contributed by atoms with Gasteiger partial charge in [0.25, 0.3) is 5.91 Å². The standard InChI is InChI=1S/C22H25NO5S/c1-15(11-24)17-5-2-3-6-18(17)22(27)23-9-10-29-14-16(23)13-28-21-8-4-7-20(26)19(21)12-25/h2-8,12,15-16,24,26H,9-11,13-14H2,1H3/t15-,16+/m0/s1. The Labute approximate surface area is 174 Å². The summed E-state index contributed by atoms with van der Waals surface area (Å²) in [5, 5.41) is 19.4. The van der Waals surface area contributed by atoms with E-state index in [0.717, 1.165) is 17.1 Å². The van der Waals surface area contributed by atoms with Gasteiger partial charge in [0.1, 0.15) is 18.1 Å². The van der Waals surface area contributed by atoms with E-state index in [4.69, 9.17) is 4.74 Å². The topological polar surface area (TPSA) is 87.1 Å². The molecule has 1 aliphatic heterocycles. The second-order valence-electron chi connectivity index (χ2n) is 7.02. The first-order chi connectivity index (χ1) is 14.1. The van der Waals surface area contributed by atoms with E-state index in [9.17, 15) is 19.8 Å². The van der Waals surface area contributed by atoms with Crippen molar-refractivity contribution in [3.05, 3.63) is 59.2 Å². The first-order valence-electron chi connectivity index (χ1n) is 9.55. The zero-order chi connectivity index (χ0) is 20.8. The second kappa shape index (κ2) is 9.80. The van der Waals surface area contributed by atoms with Gasteiger partial charge in [-0.1, -0.05) is 31.2 Å². The summed E-state index contributed by atoms with van der Waals surface area (Å²) in [6.45, 7) is 2.68. The van der Waals surface area contributed by atoms with Crippen molar-refractivity contribution in [1.29, 1.82) is 0 Å². The van der Waals surface area contributed by atoms with E-state index in [1.807, 2.05) is 30.0 Å². The molecule has 2 atom stereocenters. The van der Waals surface area contributed by atoms with Crippen molar-refractivity contribution in [2.45, 2.75) is 18.9 Å². The van der Waals surface area contributed by atoms with Gasteiger partial charge in [0.2, 0.25) is 0 Å². The van der Waals surface area contributed by atoms with Crippen molar-refractivity contribution in [3.8, 4) is 11.5 Å². The van der Waals surface area contributed by atoms with E-state index in [2.05, 4.69) is 0 Å². The Kier molecular flexibility index (Phi) is 7.17. The third-order valence-electron chi connectivity index (χ3n) is 5.08. The van der Waals surface area contributed by atoms with E-state index < -0.39 is 0 Å². The van der Waals surface area contributed by atoms with E-state index in [1.54, 1.807) is 30.0 Å². The Hall–Kier alpha value is -2.51. The minimum Gasteiger partial charge on any atom is -0.507 e. The van der Waals surface area contributed by atoms with Crippen LogP contribution in [-0.4, -0.2) is 64.6 Å². The van der Waals surface area contributed by atoms with Crippen molar-refractivity contribution in [1.82, 2.24) is 4.90 Å². The molecule has 0 bridgehead atoms. The molecule has 0 unspecified atom stereocenters. The SMILES string of the molecule is C[C@@H](CO)c1ccccc1C(=O)N1CCSC[C@H]1COc1cccc(O)c1C=O. The van der Waals surface area contributed by atoms with Crippen molar-refractivity contribution < 1.29 is 24.5 Å². The van der Waals surface area contributed by atoms with Crippen LogP contribution >= 0.6 is 11.8 Å². The highest BCUT2D eigenvalue weighted by molar-refractivity contribution is 7.99. The average molecular weight is 416 g/mol. The molecule has 7 heteroatoms. The number of amides is 1. The summed E-state index contributed by atoms with van der Waals surface area (Å²) in [4.78, 5) is 26.4. The fraction of sp³-hybridized carbons (Fsp3) is 0.364. The summed E-state index contributed by atoms with van der Waals surface area (Å²) in [5.41, 5.74) is 1.53. The van der Waals surface area contributed by atoms with Crippen LogP contribution in [0.5, 0.6) is 11.5 Å². The van der Waals surface area contributed by atoms with Crippen LogP contribution in [0.1, 0.15) is 39.1 Å². The Morgan fingerprint density at radius 2 is 2.10 bits per heavy atom. The molecule has 154 valence electrons. The molecule has 1 heterocycles. The highest BCUT2D eigenvalue weighted by Crippen LogP contribution is 2.28. The normalized spacial score (nSPS) is 17.6. The highest BCUT2D eigenvalue weighted by Gasteiger charge is 2.30. The molecule has 3 rings (SSSR count). The maximum atomic E-state index is 13.3. The lowest BCUT2D eigenvalue weighted by molar-refractivity contribution is 0.0645. The molecule has 1 fully saturated rings. The van der Waals surface area contributed by atoms with Crippen molar-refractivity contribution >= 4 is 24.0 Å². The molecule has 0 aromatic heterocycles. The number of phenols is 1. The number of aliphatic hydroxyl groups excluding tert-OH is 1. The van der Waals surface area contributed by atoms with Crippen LogP contribution in [0, 0.1) is 0 Å². The van der Waals surface area contributed by atoms with Gasteiger partial charge in [-0.05, 0) is 23.8 Å². The van der Waals surface area contributed by atoms with E-state index in [1.165, 1.54) is 6.07 Å². The number of aliphatic hydroxyl groups is 1. The van der Waals surface area contributed by atoms with Crippen molar-refractivity contribution in [2.24, 2.45) is 0 Å². The number of hydrogen-bond acceptors (Lipinski definition) is 6. The lowest BCUT2D eigenvalue weighted by atomic mass is 9.95. The summed E-state index contributed by atoms with van der Waals surface area (Å²) < 4.78 is 5.83. The molecule has 1 amide bonds. The number of aldehydes is 1. The molecular weight excluding hydrogens is 390 g/mol. The van der Waals surface area contributed by atoms with E-state index >= 15 is 0 Å². The molecule has 1 aliphatic rings. The Morgan fingerprint density at radius 3 is 2.86 bits per heavy atom. The van der Waals surface area contributed by atoms with Gasteiger partial charge in [-0.15, -0.1) is 0 Å². The van der Waals surface area contributed by atoms with Crippen LogP contribution < -0.4 is 4.74 Å². The molecule has 0 radical (unpaired) electrons. The van der Waals surface area contributed by atoms with E-state index in [0.29, 0.717) is 24.1 Å². The smallest absolute Gasteiger partial charge is 0.254 e. The van der Waals surface area contributed by atoms with Crippen LogP contribution in [0.15, 0.2) is 42.5 Å². The molecular formula is C22H25NO5S. The van der Waals surface area contributed by atoms with Gasteiger partial charge in [0.05, 0.1) is 11.6 Å². The van der Waals surface area contributed by atoms with Gasteiger partial charge in [-0.3, -0.25) is 9.59 Å². The second-order valence-corrected chi connectivity index (χ2v) is 8.17. The molecule has 29 heavy (non-hydrogen) atoms. The van der Waals surface area contributed by atoms with Gasteiger partial charge in [-0.2, -0.15) is 11.8 Å². The number of thioether (sulfide) groups is 1. The lowest BCUT2D eigenvalue weighted by Crippen LogP contribution is -2.49. The molecule has 2 aromatic rings. The predicted molar refractivity (Wildman–Crippen MR) is 113 cm³/mol. The number of rotatable bonds is 7. The van der Waals surface area contributed by atoms with Crippen molar-refractivity contribution in [3.63, 3.8) is 0 Å². The molecule has 1 saturated heterocycles. The zero-order valence-corrected chi connectivity index (χ0v) is 17.1. The molecule has 0 spiro atoms. The van der Waals surface area contributed by atoms with Gasteiger partial charge in [-0.25, -0.2) is 0 Å². The number of benzene rings is 2. The van der Waals surface area contributed by atoms with Crippen LogP contribution in [0.4, 0.5) is 0 Å². The lowest BCUT2D eigenvalue weighted by Gasteiger charge is -2.36. The maximum absolute atomic E-state index is 13.3. The fourth-order valence-electron chi connectivity index (χ4n) is 3.40.